The fourth-order valence-electron chi connectivity index (χ4n) is 2.67. The zero-order chi connectivity index (χ0) is 16.5. The number of hydrogen-bond donors (Lipinski definition) is 1. The maximum absolute atomic E-state index is 12.6. The van der Waals surface area contributed by atoms with E-state index in [1.807, 2.05) is 19.9 Å². The van der Waals surface area contributed by atoms with E-state index in [1.165, 1.54) is 0 Å². The molecule has 1 aromatic rings. The molecule has 0 radical (unpaired) electrons. The van der Waals surface area contributed by atoms with Crippen LogP contribution in [0.4, 0.5) is 5.82 Å². The molecule has 1 saturated heterocycles. The first-order valence-electron chi connectivity index (χ1n) is 8.14. The van der Waals surface area contributed by atoms with Crippen molar-refractivity contribution in [2.45, 2.75) is 65.3 Å². The lowest BCUT2D eigenvalue weighted by Gasteiger charge is -2.41. The van der Waals surface area contributed by atoms with E-state index in [2.05, 4.69) is 43.1 Å². The van der Waals surface area contributed by atoms with Crippen molar-refractivity contribution in [1.82, 2.24) is 10.1 Å². The zero-order valence-electron chi connectivity index (χ0n) is 14.7. The second-order valence-corrected chi connectivity index (χ2v) is 8.01. The Hall–Kier alpha value is -1.36. The number of nitrogens with zero attached hydrogens (tertiary/aromatic N) is 2. The Balaban J connectivity index is 2.03. The van der Waals surface area contributed by atoms with Gasteiger partial charge in [0.15, 0.2) is 5.82 Å². The van der Waals surface area contributed by atoms with E-state index in [0.717, 1.165) is 37.6 Å². The fourth-order valence-corrected chi connectivity index (χ4v) is 2.67. The van der Waals surface area contributed by atoms with E-state index in [1.54, 1.807) is 0 Å². The van der Waals surface area contributed by atoms with Gasteiger partial charge in [0.1, 0.15) is 5.76 Å². The molecule has 0 bridgehead atoms. The van der Waals surface area contributed by atoms with Gasteiger partial charge in [-0.1, -0.05) is 32.9 Å². The number of likely N-dealkylation sites (tertiary alicyclic amines) is 1. The molecule has 1 aromatic heterocycles. The highest BCUT2D eigenvalue weighted by Gasteiger charge is 2.36. The highest BCUT2D eigenvalue weighted by Crippen LogP contribution is 2.27. The van der Waals surface area contributed by atoms with Crippen LogP contribution in [0.3, 0.4) is 0 Å². The van der Waals surface area contributed by atoms with E-state index in [0.29, 0.717) is 5.82 Å². The van der Waals surface area contributed by atoms with E-state index in [9.17, 15) is 4.79 Å². The molecule has 22 heavy (non-hydrogen) atoms. The van der Waals surface area contributed by atoms with Gasteiger partial charge in [-0.15, -0.1) is 0 Å². The van der Waals surface area contributed by atoms with Crippen LogP contribution >= 0.6 is 0 Å². The fraction of sp³-hybridized carbons (Fsp3) is 0.765. The van der Waals surface area contributed by atoms with Gasteiger partial charge in [-0.05, 0) is 45.7 Å². The van der Waals surface area contributed by atoms with Crippen LogP contribution in [0, 0.1) is 5.92 Å². The smallest absolute Gasteiger partial charge is 0.245 e. The molecular formula is C17H29N3O2. The lowest BCUT2D eigenvalue weighted by atomic mass is 9.92. The summed E-state index contributed by atoms with van der Waals surface area (Å²) in [4.78, 5) is 14.9. The number of amides is 1. The van der Waals surface area contributed by atoms with Crippen molar-refractivity contribution >= 4 is 11.7 Å². The van der Waals surface area contributed by atoms with Gasteiger partial charge in [-0.25, -0.2) is 0 Å². The molecule has 1 N–H and O–H groups in total. The second kappa shape index (κ2) is 6.03. The van der Waals surface area contributed by atoms with E-state index >= 15 is 0 Å². The third kappa shape index (κ3) is 3.69. The first-order chi connectivity index (χ1) is 10.1. The first kappa shape index (κ1) is 17.0. The Labute approximate surface area is 133 Å². The lowest BCUT2D eigenvalue weighted by Crippen LogP contribution is -2.55. The second-order valence-electron chi connectivity index (χ2n) is 8.01. The zero-order valence-corrected chi connectivity index (χ0v) is 14.7. The van der Waals surface area contributed by atoms with Crippen molar-refractivity contribution < 1.29 is 9.32 Å². The molecule has 0 spiro atoms. The molecule has 1 amide bonds. The predicted octanol–water partition coefficient (Wildman–Crippen LogP) is 3.42. The summed E-state index contributed by atoms with van der Waals surface area (Å²) in [6, 6.07) is 1.81. The predicted molar refractivity (Wildman–Crippen MR) is 87.9 cm³/mol. The summed E-state index contributed by atoms with van der Waals surface area (Å²) >= 11 is 0. The van der Waals surface area contributed by atoms with Gasteiger partial charge < -0.3 is 9.84 Å². The molecule has 5 heteroatoms. The molecule has 0 saturated carbocycles. The number of anilines is 1. The number of hydrogen-bond acceptors (Lipinski definition) is 4. The molecule has 0 aliphatic carbocycles. The topological polar surface area (TPSA) is 58.4 Å². The standard InChI is InChI=1S/C17H29N3O2/c1-12-7-9-20(10-8-12)17(5,6)15(21)18-14-11-13(22-19-14)16(2,3)4/h11-12H,7-10H2,1-6H3,(H,18,19,21). The summed E-state index contributed by atoms with van der Waals surface area (Å²) in [6.07, 6.45) is 2.30. The van der Waals surface area contributed by atoms with Crippen LogP contribution in [-0.2, 0) is 10.2 Å². The summed E-state index contributed by atoms with van der Waals surface area (Å²) in [5.41, 5.74) is -0.657. The van der Waals surface area contributed by atoms with E-state index in [4.69, 9.17) is 4.52 Å². The molecule has 1 aliphatic heterocycles. The van der Waals surface area contributed by atoms with E-state index < -0.39 is 5.54 Å². The Morgan fingerprint density at radius 1 is 1.27 bits per heavy atom. The Morgan fingerprint density at radius 3 is 2.36 bits per heavy atom. The number of carbonyl (C=O) groups is 1. The third-order valence-corrected chi connectivity index (χ3v) is 4.62. The summed E-state index contributed by atoms with van der Waals surface area (Å²) in [5, 5.41) is 6.87. The van der Waals surface area contributed by atoms with Crippen LogP contribution in [0.5, 0.6) is 0 Å². The van der Waals surface area contributed by atoms with E-state index in [-0.39, 0.29) is 11.3 Å². The van der Waals surface area contributed by atoms with Gasteiger partial charge in [0.05, 0.1) is 5.54 Å². The normalized spacial score (nSPS) is 18.5. The minimum absolute atomic E-state index is 0.0317. The van der Waals surface area contributed by atoms with Crippen molar-refractivity contribution in [3.05, 3.63) is 11.8 Å². The molecule has 0 atom stereocenters. The monoisotopic (exact) mass is 307 g/mol. The number of carbonyl (C=O) groups excluding carboxylic acids is 1. The van der Waals surface area contributed by atoms with Gasteiger partial charge in [0, 0.05) is 11.5 Å². The lowest BCUT2D eigenvalue weighted by molar-refractivity contribution is -0.127. The van der Waals surface area contributed by atoms with Crippen LogP contribution in [-0.4, -0.2) is 34.6 Å². The highest BCUT2D eigenvalue weighted by atomic mass is 16.5. The molecule has 124 valence electrons. The average Bonchev–Trinajstić information content (AvgIpc) is 2.87. The van der Waals surface area contributed by atoms with Gasteiger partial charge >= 0.3 is 0 Å². The highest BCUT2D eigenvalue weighted by molar-refractivity contribution is 5.96. The van der Waals surface area contributed by atoms with Crippen LogP contribution in [0.1, 0.15) is 60.1 Å². The van der Waals surface area contributed by atoms with Gasteiger partial charge in [-0.3, -0.25) is 9.69 Å². The maximum Gasteiger partial charge on any atom is 0.245 e. The first-order valence-corrected chi connectivity index (χ1v) is 8.14. The van der Waals surface area contributed by atoms with Crippen LogP contribution in [0.25, 0.3) is 0 Å². The number of rotatable bonds is 3. The maximum atomic E-state index is 12.6. The van der Waals surface area contributed by atoms with Gasteiger partial charge in [-0.2, -0.15) is 0 Å². The van der Waals surface area contributed by atoms with Crippen LogP contribution < -0.4 is 5.32 Å². The molecule has 1 aliphatic rings. The summed E-state index contributed by atoms with van der Waals surface area (Å²) in [7, 11) is 0. The number of piperidine rings is 1. The molecular weight excluding hydrogens is 278 g/mol. The minimum Gasteiger partial charge on any atom is -0.359 e. The Bertz CT molecular complexity index is 520. The van der Waals surface area contributed by atoms with Crippen molar-refractivity contribution in [3.63, 3.8) is 0 Å². The summed E-state index contributed by atoms with van der Waals surface area (Å²) in [5.74, 6) is 1.98. The van der Waals surface area contributed by atoms with Crippen molar-refractivity contribution in [2.75, 3.05) is 18.4 Å². The largest absolute Gasteiger partial charge is 0.359 e. The number of nitrogens with one attached hydrogen (secondary N) is 1. The molecule has 5 nitrogen and oxygen atoms in total. The van der Waals surface area contributed by atoms with Gasteiger partial charge in [0.25, 0.3) is 0 Å². The minimum atomic E-state index is -0.541. The van der Waals surface area contributed by atoms with Gasteiger partial charge in [0.2, 0.25) is 5.91 Å². The van der Waals surface area contributed by atoms with Crippen LogP contribution in [0.15, 0.2) is 10.6 Å². The summed E-state index contributed by atoms with van der Waals surface area (Å²) < 4.78 is 5.32. The molecule has 2 heterocycles. The van der Waals surface area contributed by atoms with Crippen molar-refractivity contribution in [3.8, 4) is 0 Å². The molecule has 1 fully saturated rings. The summed E-state index contributed by atoms with van der Waals surface area (Å²) in [6.45, 7) is 14.3. The van der Waals surface area contributed by atoms with Crippen LogP contribution in [0.2, 0.25) is 0 Å². The molecule has 0 unspecified atom stereocenters. The Morgan fingerprint density at radius 2 is 1.86 bits per heavy atom. The number of aromatic nitrogens is 1. The molecule has 2 rings (SSSR count). The molecule has 0 aromatic carbocycles. The quantitative estimate of drug-likeness (QED) is 0.929. The Kier molecular flexibility index (Phi) is 4.66. The SMILES string of the molecule is CC1CCN(C(C)(C)C(=O)Nc2cc(C(C)(C)C)on2)CC1. The third-order valence-electron chi connectivity index (χ3n) is 4.62. The average molecular weight is 307 g/mol. The van der Waals surface area contributed by atoms with Crippen molar-refractivity contribution in [1.29, 1.82) is 0 Å². The van der Waals surface area contributed by atoms with Crippen molar-refractivity contribution in [2.24, 2.45) is 5.92 Å².